The number of nitrogens with zero attached hydrogens (tertiary/aromatic N) is 1. The second-order valence-corrected chi connectivity index (χ2v) is 6.85. The standard InChI is InChI=1S/C13H17ClN2O5S/c1-9(13(18)21-8-12(17)16(2)3)15-22(19,20)11-6-4-5-10(14)7-11/h4-7,9,15H,8H2,1-3H3/t9-/m0/s1. The molecule has 9 heteroatoms. The van der Waals surface area contributed by atoms with Crippen molar-refractivity contribution in [1.82, 2.24) is 9.62 Å². The Morgan fingerprint density at radius 2 is 2.00 bits per heavy atom. The SMILES string of the molecule is C[C@H](NS(=O)(=O)c1cccc(Cl)c1)C(=O)OCC(=O)N(C)C. The summed E-state index contributed by atoms with van der Waals surface area (Å²) in [6.07, 6.45) is 0. The van der Waals surface area contributed by atoms with Crippen molar-refractivity contribution in [2.75, 3.05) is 20.7 Å². The minimum absolute atomic E-state index is 0.0657. The number of hydrogen-bond acceptors (Lipinski definition) is 5. The van der Waals surface area contributed by atoms with Crippen molar-refractivity contribution in [2.24, 2.45) is 0 Å². The number of hydrogen-bond donors (Lipinski definition) is 1. The van der Waals surface area contributed by atoms with Gasteiger partial charge in [0.15, 0.2) is 6.61 Å². The van der Waals surface area contributed by atoms with Gasteiger partial charge in [-0.15, -0.1) is 0 Å². The van der Waals surface area contributed by atoms with Crippen LogP contribution in [0.15, 0.2) is 29.2 Å². The van der Waals surface area contributed by atoms with Gasteiger partial charge >= 0.3 is 5.97 Å². The molecule has 1 N–H and O–H groups in total. The molecule has 1 rings (SSSR count). The maximum Gasteiger partial charge on any atom is 0.324 e. The van der Waals surface area contributed by atoms with Crippen molar-refractivity contribution in [3.05, 3.63) is 29.3 Å². The van der Waals surface area contributed by atoms with Crippen LogP contribution in [0, 0.1) is 0 Å². The molecule has 1 atom stereocenters. The molecule has 122 valence electrons. The Balaban J connectivity index is 2.69. The highest BCUT2D eigenvalue weighted by molar-refractivity contribution is 7.89. The molecular weight excluding hydrogens is 332 g/mol. The number of halogens is 1. The number of rotatable bonds is 6. The van der Waals surface area contributed by atoms with Crippen LogP contribution in [0.2, 0.25) is 5.02 Å². The van der Waals surface area contributed by atoms with Crippen molar-refractivity contribution in [1.29, 1.82) is 0 Å². The fraction of sp³-hybridized carbons (Fsp3) is 0.385. The van der Waals surface area contributed by atoms with Crippen LogP contribution in [0.3, 0.4) is 0 Å². The van der Waals surface area contributed by atoms with Gasteiger partial charge in [0.25, 0.3) is 5.91 Å². The maximum absolute atomic E-state index is 12.1. The Bertz CT molecular complexity index is 660. The topological polar surface area (TPSA) is 92.8 Å². The summed E-state index contributed by atoms with van der Waals surface area (Å²) in [4.78, 5) is 24.2. The number of likely N-dealkylation sites (N-methyl/N-ethyl adjacent to an activating group) is 1. The van der Waals surface area contributed by atoms with Gasteiger partial charge < -0.3 is 9.64 Å². The number of benzene rings is 1. The van der Waals surface area contributed by atoms with Crippen molar-refractivity contribution >= 4 is 33.5 Å². The summed E-state index contributed by atoms with van der Waals surface area (Å²) in [5.74, 6) is -1.25. The van der Waals surface area contributed by atoms with Crippen LogP contribution >= 0.6 is 11.6 Å². The molecule has 1 amide bonds. The van der Waals surface area contributed by atoms with Gasteiger partial charge in [0, 0.05) is 19.1 Å². The zero-order valence-corrected chi connectivity index (χ0v) is 13.9. The average Bonchev–Trinajstić information content (AvgIpc) is 2.43. The summed E-state index contributed by atoms with van der Waals surface area (Å²) in [6.45, 7) is 0.875. The van der Waals surface area contributed by atoms with E-state index in [4.69, 9.17) is 16.3 Å². The van der Waals surface area contributed by atoms with Crippen LogP contribution in [-0.4, -0.2) is 51.9 Å². The minimum Gasteiger partial charge on any atom is -0.454 e. The Kier molecular flexibility index (Phi) is 6.34. The summed E-state index contributed by atoms with van der Waals surface area (Å²) in [5.41, 5.74) is 0. The molecule has 0 aliphatic heterocycles. The van der Waals surface area contributed by atoms with Gasteiger partial charge in [-0.05, 0) is 25.1 Å². The molecule has 0 fully saturated rings. The molecule has 0 spiro atoms. The Hall–Kier alpha value is -1.64. The zero-order valence-electron chi connectivity index (χ0n) is 12.4. The molecular formula is C13H17ClN2O5S. The largest absolute Gasteiger partial charge is 0.454 e. The van der Waals surface area contributed by atoms with E-state index >= 15 is 0 Å². The normalized spacial score (nSPS) is 12.5. The number of sulfonamides is 1. The predicted molar refractivity (Wildman–Crippen MR) is 80.9 cm³/mol. The first-order valence-electron chi connectivity index (χ1n) is 6.28. The summed E-state index contributed by atoms with van der Waals surface area (Å²) in [6, 6.07) is 4.49. The zero-order chi connectivity index (χ0) is 16.9. The number of carbonyl (C=O) groups excluding carboxylic acids is 2. The van der Waals surface area contributed by atoms with E-state index in [-0.39, 0.29) is 9.92 Å². The maximum atomic E-state index is 12.1. The van der Waals surface area contributed by atoms with Crippen LogP contribution in [0.1, 0.15) is 6.92 Å². The summed E-state index contributed by atoms with van der Waals surface area (Å²) >= 11 is 5.74. The first-order chi connectivity index (χ1) is 10.1. The first-order valence-corrected chi connectivity index (χ1v) is 8.14. The quantitative estimate of drug-likeness (QED) is 0.761. The first kappa shape index (κ1) is 18.4. The third-order valence-electron chi connectivity index (χ3n) is 2.63. The van der Waals surface area contributed by atoms with Crippen molar-refractivity contribution in [2.45, 2.75) is 17.9 Å². The van der Waals surface area contributed by atoms with Crippen LogP contribution in [0.4, 0.5) is 0 Å². The van der Waals surface area contributed by atoms with E-state index in [0.29, 0.717) is 0 Å². The molecule has 0 aromatic heterocycles. The van der Waals surface area contributed by atoms with E-state index in [1.165, 1.54) is 50.2 Å². The molecule has 0 aliphatic rings. The van der Waals surface area contributed by atoms with Crippen molar-refractivity contribution in [3.8, 4) is 0 Å². The number of ether oxygens (including phenoxy) is 1. The second-order valence-electron chi connectivity index (χ2n) is 4.70. The Morgan fingerprint density at radius 3 is 2.55 bits per heavy atom. The van der Waals surface area contributed by atoms with Gasteiger partial charge in [-0.25, -0.2) is 8.42 Å². The third kappa shape index (κ3) is 5.28. The van der Waals surface area contributed by atoms with E-state index in [2.05, 4.69) is 4.72 Å². The molecule has 0 saturated carbocycles. The molecule has 0 bridgehead atoms. The lowest BCUT2D eigenvalue weighted by molar-refractivity contribution is -0.152. The predicted octanol–water partition coefficient (Wildman–Crippen LogP) is 0.638. The van der Waals surface area contributed by atoms with E-state index in [0.717, 1.165) is 0 Å². The van der Waals surface area contributed by atoms with Gasteiger partial charge in [-0.2, -0.15) is 4.72 Å². The number of carbonyl (C=O) groups is 2. The lowest BCUT2D eigenvalue weighted by atomic mass is 10.4. The lowest BCUT2D eigenvalue weighted by Gasteiger charge is -2.15. The smallest absolute Gasteiger partial charge is 0.324 e. The van der Waals surface area contributed by atoms with E-state index in [1.54, 1.807) is 0 Å². The van der Waals surface area contributed by atoms with Gasteiger partial charge in [0.2, 0.25) is 10.0 Å². The molecule has 0 heterocycles. The van der Waals surface area contributed by atoms with Gasteiger partial charge in [0.05, 0.1) is 4.90 Å². The van der Waals surface area contributed by atoms with Crippen molar-refractivity contribution < 1.29 is 22.7 Å². The highest BCUT2D eigenvalue weighted by Crippen LogP contribution is 2.15. The van der Waals surface area contributed by atoms with E-state index in [9.17, 15) is 18.0 Å². The molecule has 7 nitrogen and oxygen atoms in total. The molecule has 0 aliphatic carbocycles. The van der Waals surface area contributed by atoms with Crippen LogP contribution in [0.25, 0.3) is 0 Å². The second kappa shape index (κ2) is 7.57. The van der Waals surface area contributed by atoms with Crippen LogP contribution in [0.5, 0.6) is 0 Å². The minimum atomic E-state index is -3.91. The fourth-order valence-corrected chi connectivity index (χ4v) is 2.86. The lowest BCUT2D eigenvalue weighted by Crippen LogP contribution is -2.40. The van der Waals surface area contributed by atoms with Gasteiger partial charge in [-0.1, -0.05) is 17.7 Å². The molecule has 0 unspecified atom stereocenters. The average molecular weight is 349 g/mol. The molecule has 1 aromatic rings. The van der Waals surface area contributed by atoms with Crippen LogP contribution < -0.4 is 4.72 Å². The molecule has 0 saturated heterocycles. The highest BCUT2D eigenvalue weighted by Gasteiger charge is 2.24. The molecule has 0 radical (unpaired) electrons. The van der Waals surface area contributed by atoms with E-state index < -0.39 is 34.5 Å². The van der Waals surface area contributed by atoms with Gasteiger partial charge in [-0.3, -0.25) is 9.59 Å². The summed E-state index contributed by atoms with van der Waals surface area (Å²) < 4.78 is 31.1. The Morgan fingerprint density at radius 1 is 1.36 bits per heavy atom. The number of amides is 1. The number of esters is 1. The summed E-state index contributed by atoms with van der Waals surface area (Å²) in [5, 5.41) is 0.259. The molecule has 22 heavy (non-hydrogen) atoms. The van der Waals surface area contributed by atoms with Crippen molar-refractivity contribution in [3.63, 3.8) is 0 Å². The number of nitrogens with one attached hydrogen (secondary N) is 1. The highest BCUT2D eigenvalue weighted by atomic mass is 35.5. The Labute approximate surface area is 134 Å². The fourth-order valence-electron chi connectivity index (χ4n) is 1.37. The molecule has 1 aromatic carbocycles. The van der Waals surface area contributed by atoms with Crippen LogP contribution in [-0.2, 0) is 24.3 Å². The summed E-state index contributed by atoms with van der Waals surface area (Å²) in [7, 11) is -0.882. The van der Waals surface area contributed by atoms with Gasteiger partial charge in [0.1, 0.15) is 6.04 Å². The monoisotopic (exact) mass is 348 g/mol. The van der Waals surface area contributed by atoms with E-state index in [1.807, 2.05) is 0 Å². The third-order valence-corrected chi connectivity index (χ3v) is 4.40.